The van der Waals surface area contributed by atoms with Gasteiger partial charge in [-0.1, -0.05) is 0 Å². The molecule has 0 rings (SSSR count). The fourth-order valence-corrected chi connectivity index (χ4v) is 0.829. The van der Waals surface area contributed by atoms with E-state index in [-0.39, 0.29) is 12.5 Å². The maximum atomic E-state index is 10.2. The van der Waals surface area contributed by atoms with Gasteiger partial charge in [-0.25, -0.2) is 0 Å². The van der Waals surface area contributed by atoms with E-state index in [1.165, 1.54) is 0 Å². The first-order valence-corrected chi connectivity index (χ1v) is 4.33. The van der Waals surface area contributed by atoms with Gasteiger partial charge in [0, 0.05) is 11.0 Å². The summed E-state index contributed by atoms with van der Waals surface area (Å²) < 4.78 is 14.3. The number of nitrogens with two attached hydrogens (primary N) is 1. The Morgan fingerprint density at radius 1 is 1.55 bits per heavy atom. The lowest BCUT2D eigenvalue weighted by Crippen LogP contribution is -2.09. The number of amides is 1. The summed E-state index contributed by atoms with van der Waals surface area (Å²) in [5, 5.41) is 0. The molecule has 0 aliphatic rings. The van der Waals surface area contributed by atoms with Crippen LogP contribution in [0.25, 0.3) is 0 Å². The molecule has 1 amide bonds. The van der Waals surface area contributed by atoms with E-state index in [9.17, 15) is 9.36 Å². The highest BCUT2D eigenvalue weighted by Crippen LogP contribution is 2.14. The quantitative estimate of drug-likeness (QED) is 0.454. The van der Waals surface area contributed by atoms with Crippen molar-refractivity contribution < 1.29 is 18.8 Å². The summed E-state index contributed by atoms with van der Waals surface area (Å²) in [6.07, 6.45) is 1.47. The number of carbonyl (C=O) groups is 1. The second-order valence-corrected chi connectivity index (χ2v) is 2.73. The Morgan fingerprint density at radius 2 is 2.18 bits per heavy atom. The number of hydrogen-bond acceptors (Lipinski definition) is 3. The Kier molecular flexibility index (Phi) is 5.93. The van der Waals surface area contributed by atoms with Crippen molar-refractivity contribution in [1.82, 2.24) is 0 Å². The van der Waals surface area contributed by atoms with Gasteiger partial charge in [-0.3, -0.25) is 4.79 Å². The van der Waals surface area contributed by atoms with Gasteiger partial charge < -0.3 is 5.73 Å². The molecule has 0 saturated heterocycles. The van der Waals surface area contributed by atoms with E-state index < -0.39 is 8.25 Å². The lowest BCUT2D eigenvalue weighted by molar-refractivity contribution is -0.118. The molecular weight excluding hydrogens is 169 g/mol. The van der Waals surface area contributed by atoms with Crippen molar-refractivity contribution in [3.63, 3.8) is 0 Å². The van der Waals surface area contributed by atoms with Crippen LogP contribution in [0.1, 0.15) is 19.3 Å². The van der Waals surface area contributed by atoms with Crippen LogP contribution in [-0.4, -0.2) is 17.4 Å². The van der Waals surface area contributed by atoms with Crippen LogP contribution in [0.4, 0.5) is 0 Å². The predicted molar refractivity (Wildman–Crippen MR) is 38.8 cm³/mol. The normalized spacial score (nSPS) is 11.2. The summed E-state index contributed by atoms with van der Waals surface area (Å²) in [6.45, 7) is 0.193. The minimum absolute atomic E-state index is 0.193. The Bertz CT molecular complexity index is 133. The van der Waals surface area contributed by atoms with Gasteiger partial charge in [-0.05, 0) is 12.8 Å². The second kappa shape index (κ2) is 6.22. The molecule has 0 aromatic rings. The van der Waals surface area contributed by atoms with E-state index in [4.69, 9.17) is 10.6 Å². The highest BCUT2D eigenvalue weighted by atomic mass is 31.1. The van der Waals surface area contributed by atoms with Crippen molar-refractivity contribution in [1.29, 1.82) is 0 Å². The Hall–Kier alpha value is -0.510. The highest BCUT2D eigenvalue weighted by Gasteiger charge is 2.10. The highest BCUT2D eigenvalue weighted by molar-refractivity contribution is 7.32. The van der Waals surface area contributed by atoms with Crippen LogP contribution in [0.5, 0.6) is 0 Å². The van der Waals surface area contributed by atoms with Gasteiger partial charge in [0.05, 0.1) is 0 Å². The van der Waals surface area contributed by atoms with Crippen LogP contribution < -0.4 is 5.73 Å². The summed E-state index contributed by atoms with van der Waals surface area (Å²) in [6, 6.07) is 0. The molecule has 0 radical (unpaired) electrons. The van der Waals surface area contributed by atoms with Crippen molar-refractivity contribution in [3.05, 3.63) is 0 Å². The molecule has 3 N–H and O–H groups in total. The lowest BCUT2D eigenvalue weighted by Gasteiger charge is -1.91. The van der Waals surface area contributed by atoms with Crippen molar-refractivity contribution in [2.75, 3.05) is 6.61 Å². The lowest BCUT2D eigenvalue weighted by atomic mass is 10.2. The minimum atomic E-state index is -2.50. The molecular formula is C5H11NO4P+. The molecule has 5 nitrogen and oxygen atoms in total. The van der Waals surface area contributed by atoms with E-state index in [0.717, 1.165) is 0 Å². The topological polar surface area (TPSA) is 89.6 Å². The zero-order chi connectivity index (χ0) is 8.69. The van der Waals surface area contributed by atoms with Gasteiger partial charge in [0.1, 0.15) is 6.61 Å². The average molecular weight is 180 g/mol. The number of rotatable bonds is 6. The van der Waals surface area contributed by atoms with Gasteiger partial charge in [0.15, 0.2) is 0 Å². The Balaban J connectivity index is 3.03. The third kappa shape index (κ3) is 9.49. The number of hydrogen-bond donors (Lipinski definition) is 2. The zero-order valence-corrected chi connectivity index (χ0v) is 6.92. The molecule has 0 aliphatic heterocycles. The predicted octanol–water partition coefficient (Wildman–Crippen LogP) is 0.308. The van der Waals surface area contributed by atoms with E-state index in [1.807, 2.05) is 0 Å². The van der Waals surface area contributed by atoms with Gasteiger partial charge in [0.2, 0.25) is 5.91 Å². The number of unbranched alkanes of at least 4 members (excludes halogenated alkanes) is 1. The molecule has 0 spiro atoms. The Morgan fingerprint density at radius 3 is 2.64 bits per heavy atom. The maximum absolute atomic E-state index is 10.2. The monoisotopic (exact) mass is 180 g/mol. The first-order valence-electron chi connectivity index (χ1n) is 3.20. The van der Waals surface area contributed by atoms with E-state index >= 15 is 0 Å². The molecule has 1 unspecified atom stereocenters. The summed E-state index contributed by atoms with van der Waals surface area (Å²) >= 11 is 0. The van der Waals surface area contributed by atoms with Crippen LogP contribution in [0, 0.1) is 0 Å². The standard InChI is InChI=1S/C5H10NO4P/c6-5(7)3-1-2-4-10-11(8)9/h1-4H2,(H2-,6,7,8,9)/p+1. The average Bonchev–Trinajstić information content (AvgIpc) is 1.85. The van der Waals surface area contributed by atoms with Gasteiger partial charge in [-0.15, -0.1) is 9.42 Å². The van der Waals surface area contributed by atoms with Crippen LogP contribution in [0.2, 0.25) is 0 Å². The summed E-state index contributed by atoms with van der Waals surface area (Å²) in [7, 11) is -2.50. The molecule has 0 saturated carbocycles. The molecule has 0 bridgehead atoms. The third-order valence-corrected chi connectivity index (χ3v) is 1.42. The maximum Gasteiger partial charge on any atom is 0.694 e. The summed E-state index contributed by atoms with van der Waals surface area (Å²) in [5.74, 6) is -0.363. The van der Waals surface area contributed by atoms with E-state index in [1.54, 1.807) is 0 Å². The Labute approximate surface area is 65.5 Å². The fraction of sp³-hybridized carbons (Fsp3) is 0.800. The van der Waals surface area contributed by atoms with Crippen molar-refractivity contribution >= 4 is 14.2 Å². The first kappa shape index (κ1) is 10.5. The van der Waals surface area contributed by atoms with E-state index in [2.05, 4.69) is 4.52 Å². The fourth-order valence-electron chi connectivity index (χ4n) is 0.544. The summed E-state index contributed by atoms with van der Waals surface area (Å²) in [5.41, 5.74) is 4.85. The summed E-state index contributed by atoms with van der Waals surface area (Å²) in [4.78, 5) is 18.3. The van der Waals surface area contributed by atoms with Crippen molar-refractivity contribution in [2.24, 2.45) is 5.73 Å². The van der Waals surface area contributed by atoms with Crippen molar-refractivity contribution in [3.8, 4) is 0 Å². The second-order valence-electron chi connectivity index (χ2n) is 1.99. The minimum Gasteiger partial charge on any atom is -0.370 e. The molecule has 0 aromatic carbocycles. The van der Waals surface area contributed by atoms with Crippen molar-refractivity contribution in [2.45, 2.75) is 19.3 Å². The zero-order valence-electron chi connectivity index (χ0n) is 6.02. The molecule has 0 fully saturated rings. The van der Waals surface area contributed by atoms with E-state index in [0.29, 0.717) is 19.3 Å². The number of primary amides is 1. The van der Waals surface area contributed by atoms with Crippen LogP contribution in [-0.2, 0) is 13.9 Å². The molecule has 6 heteroatoms. The SMILES string of the molecule is NC(=O)CCCCO[P+](=O)O. The molecule has 0 aliphatic carbocycles. The molecule has 1 atom stereocenters. The third-order valence-electron chi connectivity index (χ3n) is 1.02. The molecule has 0 aromatic heterocycles. The first-order chi connectivity index (χ1) is 5.13. The van der Waals surface area contributed by atoms with Gasteiger partial charge in [-0.2, -0.15) is 0 Å². The number of carbonyl (C=O) groups excluding carboxylic acids is 1. The van der Waals surface area contributed by atoms with Gasteiger partial charge >= 0.3 is 8.25 Å². The van der Waals surface area contributed by atoms with Gasteiger partial charge in [0.25, 0.3) is 0 Å². The largest absolute Gasteiger partial charge is 0.694 e. The molecule has 0 heterocycles. The van der Waals surface area contributed by atoms with Crippen LogP contribution in [0.3, 0.4) is 0 Å². The van der Waals surface area contributed by atoms with Crippen LogP contribution >= 0.6 is 8.25 Å². The molecule has 11 heavy (non-hydrogen) atoms. The molecule has 64 valence electrons. The smallest absolute Gasteiger partial charge is 0.370 e. The van der Waals surface area contributed by atoms with Crippen LogP contribution in [0.15, 0.2) is 0 Å².